The first-order valence-corrected chi connectivity index (χ1v) is 6.63. The number of benzene rings is 1. The van der Waals surface area contributed by atoms with E-state index in [0.717, 1.165) is 25.4 Å². The Morgan fingerprint density at radius 1 is 1.17 bits per heavy atom. The summed E-state index contributed by atoms with van der Waals surface area (Å²) in [6.45, 7) is 9.54. The summed E-state index contributed by atoms with van der Waals surface area (Å²) in [5.41, 5.74) is 7.85. The molecule has 1 atom stereocenters. The average molecular weight is 250 g/mol. The SMILES string of the molecule is COCCN(CC(C)C)C(C)c1ccc(N)cc1. The molecule has 0 spiro atoms. The van der Waals surface area contributed by atoms with Crippen LogP contribution in [0.3, 0.4) is 0 Å². The molecule has 2 N–H and O–H groups in total. The summed E-state index contributed by atoms with van der Waals surface area (Å²) in [5, 5.41) is 0. The maximum absolute atomic E-state index is 5.73. The number of ether oxygens (including phenoxy) is 1. The van der Waals surface area contributed by atoms with Gasteiger partial charge < -0.3 is 10.5 Å². The van der Waals surface area contributed by atoms with Crippen LogP contribution in [-0.4, -0.2) is 31.7 Å². The predicted molar refractivity (Wildman–Crippen MR) is 77.6 cm³/mol. The molecule has 1 rings (SSSR count). The zero-order chi connectivity index (χ0) is 13.5. The van der Waals surface area contributed by atoms with Crippen LogP contribution in [0.4, 0.5) is 5.69 Å². The van der Waals surface area contributed by atoms with E-state index in [1.165, 1.54) is 5.56 Å². The second-order valence-corrected chi connectivity index (χ2v) is 5.22. The second-order valence-electron chi connectivity index (χ2n) is 5.22. The van der Waals surface area contributed by atoms with Gasteiger partial charge in [0.1, 0.15) is 0 Å². The molecular weight excluding hydrogens is 224 g/mol. The number of rotatable bonds is 7. The van der Waals surface area contributed by atoms with Crippen molar-refractivity contribution < 1.29 is 4.74 Å². The van der Waals surface area contributed by atoms with E-state index >= 15 is 0 Å². The van der Waals surface area contributed by atoms with Crippen molar-refractivity contribution in [3.63, 3.8) is 0 Å². The lowest BCUT2D eigenvalue weighted by Gasteiger charge is -2.30. The van der Waals surface area contributed by atoms with E-state index in [9.17, 15) is 0 Å². The van der Waals surface area contributed by atoms with Crippen molar-refractivity contribution in [1.29, 1.82) is 0 Å². The molecular formula is C15H26N2O. The molecule has 0 aliphatic carbocycles. The van der Waals surface area contributed by atoms with Crippen molar-refractivity contribution in [1.82, 2.24) is 4.90 Å². The third-order valence-electron chi connectivity index (χ3n) is 3.15. The van der Waals surface area contributed by atoms with Crippen LogP contribution in [0, 0.1) is 5.92 Å². The Balaban J connectivity index is 2.73. The minimum Gasteiger partial charge on any atom is -0.399 e. The van der Waals surface area contributed by atoms with Crippen molar-refractivity contribution in [2.75, 3.05) is 32.5 Å². The van der Waals surface area contributed by atoms with E-state index in [2.05, 4.69) is 37.8 Å². The zero-order valence-electron chi connectivity index (χ0n) is 12.0. The molecule has 0 aliphatic heterocycles. The van der Waals surface area contributed by atoms with Gasteiger partial charge in [0.2, 0.25) is 0 Å². The third-order valence-corrected chi connectivity index (χ3v) is 3.15. The molecule has 0 heterocycles. The van der Waals surface area contributed by atoms with Crippen LogP contribution in [-0.2, 0) is 4.74 Å². The second kappa shape index (κ2) is 7.39. The van der Waals surface area contributed by atoms with Crippen molar-refractivity contribution in [2.24, 2.45) is 5.92 Å². The first-order valence-electron chi connectivity index (χ1n) is 6.63. The molecule has 0 saturated heterocycles. The smallest absolute Gasteiger partial charge is 0.0589 e. The topological polar surface area (TPSA) is 38.5 Å². The van der Waals surface area contributed by atoms with Crippen LogP contribution in [0.25, 0.3) is 0 Å². The Morgan fingerprint density at radius 3 is 2.28 bits per heavy atom. The molecule has 0 aromatic heterocycles. The molecule has 0 bridgehead atoms. The Kier molecular flexibility index (Phi) is 6.16. The van der Waals surface area contributed by atoms with Crippen molar-refractivity contribution >= 4 is 5.69 Å². The fourth-order valence-corrected chi connectivity index (χ4v) is 2.11. The highest BCUT2D eigenvalue weighted by atomic mass is 16.5. The first kappa shape index (κ1) is 15.0. The predicted octanol–water partition coefficient (Wildman–Crippen LogP) is 2.93. The number of nitrogen functional groups attached to an aromatic ring is 1. The Hall–Kier alpha value is -1.06. The van der Waals surface area contributed by atoms with Gasteiger partial charge in [-0.05, 0) is 30.5 Å². The number of anilines is 1. The van der Waals surface area contributed by atoms with Gasteiger partial charge in [-0.25, -0.2) is 0 Å². The maximum atomic E-state index is 5.73. The van der Waals surface area contributed by atoms with E-state index in [0.29, 0.717) is 12.0 Å². The summed E-state index contributed by atoms with van der Waals surface area (Å²) in [4.78, 5) is 2.46. The third kappa shape index (κ3) is 4.67. The monoisotopic (exact) mass is 250 g/mol. The molecule has 1 unspecified atom stereocenters. The molecule has 0 aliphatic rings. The number of methoxy groups -OCH3 is 1. The molecule has 18 heavy (non-hydrogen) atoms. The van der Waals surface area contributed by atoms with Crippen LogP contribution in [0.2, 0.25) is 0 Å². The quantitative estimate of drug-likeness (QED) is 0.756. The highest BCUT2D eigenvalue weighted by Gasteiger charge is 2.16. The molecule has 3 heteroatoms. The maximum Gasteiger partial charge on any atom is 0.0589 e. The van der Waals surface area contributed by atoms with Crippen LogP contribution in [0.1, 0.15) is 32.4 Å². The first-order chi connectivity index (χ1) is 8.54. The number of hydrogen-bond donors (Lipinski definition) is 1. The van der Waals surface area contributed by atoms with E-state index in [1.54, 1.807) is 7.11 Å². The highest BCUT2D eigenvalue weighted by Crippen LogP contribution is 2.22. The Bertz CT molecular complexity index is 335. The van der Waals surface area contributed by atoms with Gasteiger partial charge in [-0.15, -0.1) is 0 Å². The number of hydrogen-bond acceptors (Lipinski definition) is 3. The summed E-state index contributed by atoms with van der Waals surface area (Å²) in [7, 11) is 1.75. The lowest BCUT2D eigenvalue weighted by molar-refractivity contribution is 0.115. The van der Waals surface area contributed by atoms with Gasteiger partial charge in [-0.2, -0.15) is 0 Å². The number of nitrogens with zero attached hydrogens (tertiary/aromatic N) is 1. The molecule has 0 radical (unpaired) electrons. The zero-order valence-corrected chi connectivity index (χ0v) is 12.0. The van der Waals surface area contributed by atoms with Crippen molar-refractivity contribution in [3.8, 4) is 0 Å². The largest absolute Gasteiger partial charge is 0.399 e. The molecule has 0 amide bonds. The summed E-state index contributed by atoms with van der Waals surface area (Å²) < 4.78 is 5.20. The van der Waals surface area contributed by atoms with Crippen molar-refractivity contribution in [2.45, 2.75) is 26.8 Å². The summed E-state index contributed by atoms with van der Waals surface area (Å²) in [5.74, 6) is 0.651. The van der Waals surface area contributed by atoms with Gasteiger partial charge in [-0.3, -0.25) is 4.90 Å². The minimum atomic E-state index is 0.392. The molecule has 0 fully saturated rings. The fraction of sp³-hybridized carbons (Fsp3) is 0.600. The summed E-state index contributed by atoms with van der Waals surface area (Å²) in [6.07, 6.45) is 0. The molecule has 1 aromatic rings. The van der Waals surface area contributed by atoms with Gasteiger partial charge in [-0.1, -0.05) is 26.0 Å². The average Bonchev–Trinajstić information content (AvgIpc) is 2.34. The molecule has 102 valence electrons. The van der Waals surface area contributed by atoms with Crippen LogP contribution in [0.5, 0.6) is 0 Å². The molecule has 3 nitrogen and oxygen atoms in total. The van der Waals surface area contributed by atoms with Crippen LogP contribution in [0.15, 0.2) is 24.3 Å². The van der Waals surface area contributed by atoms with E-state index in [1.807, 2.05) is 12.1 Å². The number of nitrogens with two attached hydrogens (primary N) is 1. The molecule has 0 saturated carbocycles. The minimum absolute atomic E-state index is 0.392. The highest BCUT2D eigenvalue weighted by molar-refractivity contribution is 5.40. The van der Waals surface area contributed by atoms with Gasteiger partial charge in [0.05, 0.1) is 6.61 Å². The van der Waals surface area contributed by atoms with Gasteiger partial charge >= 0.3 is 0 Å². The van der Waals surface area contributed by atoms with Gasteiger partial charge in [0, 0.05) is 31.9 Å². The van der Waals surface area contributed by atoms with Crippen molar-refractivity contribution in [3.05, 3.63) is 29.8 Å². The summed E-state index contributed by atoms with van der Waals surface area (Å²) in [6, 6.07) is 8.55. The lowest BCUT2D eigenvalue weighted by atomic mass is 10.0. The summed E-state index contributed by atoms with van der Waals surface area (Å²) >= 11 is 0. The van der Waals surface area contributed by atoms with Crippen LogP contribution < -0.4 is 5.73 Å². The van der Waals surface area contributed by atoms with Gasteiger partial charge in [0.15, 0.2) is 0 Å². The standard InChI is InChI=1S/C15H26N2O/c1-12(2)11-17(9-10-18-4)13(3)14-5-7-15(16)8-6-14/h5-8,12-13H,9-11,16H2,1-4H3. The fourth-order valence-electron chi connectivity index (χ4n) is 2.11. The van der Waals surface area contributed by atoms with E-state index < -0.39 is 0 Å². The van der Waals surface area contributed by atoms with Crippen LogP contribution >= 0.6 is 0 Å². The Morgan fingerprint density at radius 2 is 1.78 bits per heavy atom. The normalized spacial score (nSPS) is 13.2. The van der Waals surface area contributed by atoms with E-state index in [4.69, 9.17) is 10.5 Å². The Labute approximate surface area is 111 Å². The molecule has 1 aromatic carbocycles. The lowest BCUT2D eigenvalue weighted by Crippen LogP contribution is -2.33. The van der Waals surface area contributed by atoms with E-state index in [-0.39, 0.29) is 0 Å². The van der Waals surface area contributed by atoms with Gasteiger partial charge in [0.25, 0.3) is 0 Å².